The van der Waals surface area contributed by atoms with Gasteiger partial charge in [-0.15, -0.1) is 0 Å². The van der Waals surface area contributed by atoms with E-state index in [1.165, 1.54) is 0 Å². The molecule has 1 atom stereocenters. The van der Waals surface area contributed by atoms with Gasteiger partial charge in [-0.05, 0) is 43.9 Å². The van der Waals surface area contributed by atoms with Crippen molar-refractivity contribution >= 4 is 11.9 Å². The first-order valence-electron chi connectivity index (χ1n) is 8.43. The molecule has 2 heterocycles. The molecule has 0 unspecified atom stereocenters. The van der Waals surface area contributed by atoms with E-state index >= 15 is 0 Å². The summed E-state index contributed by atoms with van der Waals surface area (Å²) in [5.74, 6) is 0.484. The normalized spacial score (nSPS) is 17.5. The molecule has 1 aromatic heterocycles. The lowest BCUT2D eigenvalue weighted by molar-refractivity contribution is -0.132. The first-order valence-corrected chi connectivity index (χ1v) is 8.43. The summed E-state index contributed by atoms with van der Waals surface area (Å²) in [6, 6.07) is 6.65. The van der Waals surface area contributed by atoms with Crippen LogP contribution >= 0.6 is 0 Å². The lowest BCUT2D eigenvalue weighted by Crippen LogP contribution is -2.39. The van der Waals surface area contributed by atoms with Crippen molar-refractivity contribution in [1.29, 1.82) is 0 Å². The van der Waals surface area contributed by atoms with Crippen molar-refractivity contribution in [2.75, 3.05) is 13.1 Å². The molecule has 0 bridgehead atoms. The summed E-state index contributed by atoms with van der Waals surface area (Å²) >= 11 is 0. The average molecular weight is 343 g/mol. The Kier molecular flexibility index (Phi) is 5.11. The van der Waals surface area contributed by atoms with Crippen LogP contribution in [0.3, 0.4) is 0 Å². The lowest BCUT2D eigenvalue weighted by Gasteiger charge is -2.31. The zero-order valence-electron chi connectivity index (χ0n) is 14.1. The number of carbonyl (C=O) groups is 2. The maximum absolute atomic E-state index is 12.5. The Bertz CT molecular complexity index is 754. The molecule has 0 spiro atoms. The van der Waals surface area contributed by atoms with Gasteiger partial charge in [0.05, 0.1) is 11.5 Å². The SMILES string of the molecule is Cc1noc([C@H]2CCCN(C(=O)CCc3ccc(C(=O)O)cc3)C2)n1. The molecule has 25 heavy (non-hydrogen) atoms. The molecule has 1 N–H and O–H groups in total. The largest absolute Gasteiger partial charge is 0.478 e. The van der Waals surface area contributed by atoms with Gasteiger partial charge in [-0.25, -0.2) is 4.79 Å². The summed E-state index contributed by atoms with van der Waals surface area (Å²) in [6.45, 7) is 3.15. The third-order valence-electron chi connectivity index (χ3n) is 4.50. The van der Waals surface area contributed by atoms with E-state index in [4.69, 9.17) is 9.63 Å². The van der Waals surface area contributed by atoms with E-state index in [1.807, 2.05) is 4.90 Å². The number of rotatable bonds is 5. The Morgan fingerprint density at radius 1 is 1.32 bits per heavy atom. The van der Waals surface area contributed by atoms with Gasteiger partial charge in [0.1, 0.15) is 0 Å². The molecule has 0 aliphatic carbocycles. The monoisotopic (exact) mass is 343 g/mol. The number of aromatic carboxylic acids is 1. The molecule has 1 amide bonds. The Balaban J connectivity index is 1.54. The Morgan fingerprint density at radius 3 is 2.72 bits per heavy atom. The lowest BCUT2D eigenvalue weighted by atomic mass is 9.97. The maximum atomic E-state index is 12.5. The Morgan fingerprint density at radius 2 is 2.08 bits per heavy atom. The standard InChI is InChI=1S/C18H21N3O4/c1-12-19-17(25-20-12)15-3-2-10-21(11-15)16(22)9-6-13-4-7-14(8-5-13)18(23)24/h4-5,7-8,15H,2-3,6,9-11H2,1H3,(H,23,24)/t15-/m0/s1. The van der Waals surface area contributed by atoms with Crippen LogP contribution in [0.5, 0.6) is 0 Å². The first kappa shape index (κ1) is 17.1. The third-order valence-corrected chi connectivity index (χ3v) is 4.50. The minimum atomic E-state index is -0.946. The van der Waals surface area contributed by atoms with Gasteiger partial charge in [-0.2, -0.15) is 4.98 Å². The van der Waals surface area contributed by atoms with Crippen molar-refractivity contribution in [3.8, 4) is 0 Å². The summed E-state index contributed by atoms with van der Waals surface area (Å²) in [5.41, 5.74) is 1.21. The van der Waals surface area contributed by atoms with Crippen LogP contribution in [-0.2, 0) is 11.2 Å². The first-order chi connectivity index (χ1) is 12.0. The molecule has 1 aliphatic heterocycles. The van der Waals surface area contributed by atoms with Crippen molar-refractivity contribution in [2.45, 2.75) is 38.5 Å². The second-order valence-electron chi connectivity index (χ2n) is 6.36. The number of likely N-dealkylation sites (tertiary alicyclic amines) is 1. The number of amides is 1. The van der Waals surface area contributed by atoms with Crippen LogP contribution in [0.1, 0.15) is 52.8 Å². The number of carboxylic acid groups (broad SMARTS) is 1. The average Bonchev–Trinajstić information content (AvgIpc) is 3.06. The summed E-state index contributed by atoms with van der Waals surface area (Å²) in [7, 11) is 0. The van der Waals surface area contributed by atoms with E-state index in [1.54, 1.807) is 31.2 Å². The highest BCUT2D eigenvalue weighted by Crippen LogP contribution is 2.26. The van der Waals surface area contributed by atoms with Crippen LogP contribution < -0.4 is 0 Å². The fraction of sp³-hybridized carbons (Fsp3) is 0.444. The van der Waals surface area contributed by atoms with Crippen molar-refractivity contribution in [1.82, 2.24) is 15.0 Å². The molecule has 7 heteroatoms. The van der Waals surface area contributed by atoms with E-state index in [9.17, 15) is 9.59 Å². The molecule has 1 aromatic carbocycles. The predicted octanol–water partition coefficient (Wildman–Crippen LogP) is 2.42. The molecule has 1 saturated heterocycles. The summed E-state index contributed by atoms with van der Waals surface area (Å²) < 4.78 is 5.24. The van der Waals surface area contributed by atoms with Crippen molar-refractivity contribution in [3.05, 3.63) is 47.1 Å². The summed E-state index contributed by atoms with van der Waals surface area (Å²) in [6.07, 6.45) is 2.87. The number of benzene rings is 1. The van der Waals surface area contributed by atoms with Crippen LogP contribution in [-0.4, -0.2) is 45.1 Å². The van der Waals surface area contributed by atoms with Gasteiger partial charge in [0.15, 0.2) is 5.82 Å². The molecular weight excluding hydrogens is 322 g/mol. The molecule has 132 valence electrons. The van der Waals surface area contributed by atoms with Gasteiger partial charge >= 0.3 is 5.97 Å². The third kappa shape index (κ3) is 4.23. The topological polar surface area (TPSA) is 96.5 Å². The van der Waals surface area contributed by atoms with E-state index in [2.05, 4.69) is 10.1 Å². The zero-order chi connectivity index (χ0) is 17.8. The van der Waals surface area contributed by atoms with Crippen LogP contribution in [0.15, 0.2) is 28.8 Å². The number of hydrogen-bond acceptors (Lipinski definition) is 5. The van der Waals surface area contributed by atoms with Crippen molar-refractivity contribution in [3.63, 3.8) is 0 Å². The summed E-state index contributed by atoms with van der Waals surface area (Å²) in [5, 5.41) is 12.7. The van der Waals surface area contributed by atoms with Crippen LogP contribution in [0, 0.1) is 6.92 Å². The number of carbonyl (C=O) groups excluding carboxylic acids is 1. The van der Waals surface area contributed by atoms with Gasteiger partial charge < -0.3 is 14.5 Å². The van der Waals surface area contributed by atoms with E-state index in [-0.39, 0.29) is 17.4 Å². The van der Waals surface area contributed by atoms with E-state index in [0.29, 0.717) is 31.1 Å². The molecule has 2 aromatic rings. The van der Waals surface area contributed by atoms with E-state index in [0.717, 1.165) is 24.9 Å². The van der Waals surface area contributed by atoms with E-state index < -0.39 is 5.97 Å². The Labute approximate surface area is 145 Å². The second-order valence-corrected chi connectivity index (χ2v) is 6.36. The maximum Gasteiger partial charge on any atom is 0.335 e. The highest BCUT2D eigenvalue weighted by atomic mass is 16.5. The molecule has 3 rings (SSSR count). The number of aromatic nitrogens is 2. The Hall–Kier alpha value is -2.70. The number of hydrogen-bond donors (Lipinski definition) is 1. The van der Waals surface area contributed by atoms with Crippen molar-refractivity contribution in [2.24, 2.45) is 0 Å². The van der Waals surface area contributed by atoms with Gasteiger partial charge in [-0.1, -0.05) is 17.3 Å². The number of nitrogens with zero attached hydrogens (tertiary/aromatic N) is 3. The molecule has 0 radical (unpaired) electrons. The van der Waals surface area contributed by atoms with Gasteiger partial charge in [0, 0.05) is 19.5 Å². The minimum Gasteiger partial charge on any atom is -0.478 e. The molecular formula is C18H21N3O4. The molecule has 1 fully saturated rings. The predicted molar refractivity (Wildman–Crippen MR) is 89.3 cm³/mol. The number of carboxylic acids is 1. The molecule has 1 aliphatic rings. The zero-order valence-corrected chi connectivity index (χ0v) is 14.1. The molecule has 7 nitrogen and oxygen atoms in total. The van der Waals surface area contributed by atoms with Gasteiger partial charge in [-0.3, -0.25) is 4.79 Å². The highest BCUT2D eigenvalue weighted by molar-refractivity contribution is 5.87. The fourth-order valence-corrected chi connectivity index (χ4v) is 3.11. The van der Waals surface area contributed by atoms with Crippen LogP contribution in [0.2, 0.25) is 0 Å². The number of aryl methyl sites for hydroxylation is 2. The minimum absolute atomic E-state index is 0.100. The number of piperidine rings is 1. The second kappa shape index (κ2) is 7.46. The highest BCUT2D eigenvalue weighted by Gasteiger charge is 2.28. The summed E-state index contributed by atoms with van der Waals surface area (Å²) in [4.78, 5) is 29.5. The van der Waals surface area contributed by atoms with Crippen molar-refractivity contribution < 1.29 is 19.2 Å². The van der Waals surface area contributed by atoms with Crippen LogP contribution in [0.25, 0.3) is 0 Å². The smallest absolute Gasteiger partial charge is 0.335 e. The fourth-order valence-electron chi connectivity index (χ4n) is 3.11. The molecule has 0 saturated carbocycles. The quantitative estimate of drug-likeness (QED) is 0.895. The van der Waals surface area contributed by atoms with Crippen LogP contribution in [0.4, 0.5) is 0 Å². The van der Waals surface area contributed by atoms with Gasteiger partial charge in [0.2, 0.25) is 11.8 Å². The van der Waals surface area contributed by atoms with Gasteiger partial charge in [0.25, 0.3) is 0 Å².